The van der Waals surface area contributed by atoms with Crippen molar-refractivity contribution in [2.45, 2.75) is 6.92 Å². The second-order valence-electron chi connectivity index (χ2n) is 4.04. The Morgan fingerprint density at radius 1 is 1.47 bits per heavy atom. The van der Waals surface area contributed by atoms with Crippen molar-refractivity contribution in [2.75, 3.05) is 5.32 Å². The second-order valence-corrected chi connectivity index (χ2v) is 6.33. The van der Waals surface area contributed by atoms with Gasteiger partial charge in [-0.05, 0) is 35.0 Å². The predicted octanol–water partition coefficient (Wildman–Crippen LogP) is 3.34. The maximum Gasteiger partial charge on any atom is 0.256 e. The highest BCUT2D eigenvalue weighted by Crippen LogP contribution is 2.22. The largest absolute Gasteiger partial charge is 0.321 e. The molecule has 0 aliphatic heterocycles. The maximum absolute atomic E-state index is 12.0. The Hall–Kier alpha value is -1.73. The fourth-order valence-electron chi connectivity index (χ4n) is 1.72. The Kier molecular flexibility index (Phi) is 3.08. The highest BCUT2D eigenvalue weighted by atomic mass is 79.9. The van der Waals surface area contributed by atoms with Gasteiger partial charge in [-0.2, -0.15) is 5.10 Å². The second kappa shape index (κ2) is 4.75. The van der Waals surface area contributed by atoms with Crippen molar-refractivity contribution in [1.29, 1.82) is 0 Å². The third-order valence-electron chi connectivity index (χ3n) is 2.69. The summed E-state index contributed by atoms with van der Waals surface area (Å²) in [5.74, 6) is -0.149. The molecule has 3 heterocycles. The molecule has 0 spiro atoms. The molecule has 3 aromatic heterocycles. The minimum atomic E-state index is -0.149. The minimum absolute atomic E-state index is 0.149. The number of aryl methyl sites for hydroxylation is 1. The SMILES string of the molecule is Cc1[nH]nc2ncc(NC(=O)c3csc(Br)c3)cc12. The number of carbonyl (C=O) groups excluding carboxylic acids is 1. The van der Waals surface area contributed by atoms with Gasteiger partial charge >= 0.3 is 0 Å². The Morgan fingerprint density at radius 3 is 3.05 bits per heavy atom. The number of aromatic amines is 1. The number of hydrogen-bond acceptors (Lipinski definition) is 4. The van der Waals surface area contributed by atoms with Gasteiger partial charge in [0.2, 0.25) is 0 Å². The van der Waals surface area contributed by atoms with Crippen LogP contribution in [0.4, 0.5) is 5.69 Å². The summed E-state index contributed by atoms with van der Waals surface area (Å²) in [5.41, 5.74) is 2.86. The third-order valence-corrected chi connectivity index (χ3v) is 4.19. The molecule has 0 radical (unpaired) electrons. The maximum atomic E-state index is 12.0. The standard InChI is InChI=1S/C12H9BrN4OS/c1-6-9-3-8(4-14-11(9)17-16-6)15-12(18)7-2-10(13)19-5-7/h2-5H,1H3,(H,15,18)(H,14,16,17). The van der Waals surface area contributed by atoms with Crippen molar-refractivity contribution in [3.8, 4) is 0 Å². The van der Waals surface area contributed by atoms with Crippen molar-refractivity contribution < 1.29 is 4.79 Å². The number of pyridine rings is 1. The highest BCUT2D eigenvalue weighted by molar-refractivity contribution is 9.11. The van der Waals surface area contributed by atoms with Crippen molar-refractivity contribution >= 4 is 49.9 Å². The average molecular weight is 337 g/mol. The van der Waals surface area contributed by atoms with Gasteiger partial charge in [0.05, 0.1) is 21.2 Å². The van der Waals surface area contributed by atoms with Crippen LogP contribution in [0.2, 0.25) is 0 Å². The van der Waals surface area contributed by atoms with E-state index in [9.17, 15) is 4.79 Å². The average Bonchev–Trinajstić information content (AvgIpc) is 2.97. The topological polar surface area (TPSA) is 70.7 Å². The zero-order valence-corrected chi connectivity index (χ0v) is 12.3. The molecule has 0 aromatic carbocycles. The van der Waals surface area contributed by atoms with E-state index in [1.54, 1.807) is 17.6 Å². The lowest BCUT2D eigenvalue weighted by Crippen LogP contribution is -2.10. The molecule has 0 atom stereocenters. The van der Waals surface area contributed by atoms with Gasteiger partial charge in [-0.15, -0.1) is 11.3 Å². The minimum Gasteiger partial charge on any atom is -0.321 e. The number of rotatable bonds is 2. The summed E-state index contributed by atoms with van der Waals surface area (Å²) in [6, 6.07) is 3.65. The van der Waals surface area contributed by atoms with E-state index in [1.807, 2.05) is 13.0 Å². The number of anilines is 1. The van der Waals surface area contributed by atoms with Crippen LogP contribution < -0.4 is 5.32 Å². The van der Waals surface area contributed by atoms with Gasteiger partial charge in [-0.1, -0.05) is 0 Å². The van der Waals surface area contributed by atoms with Crippen molar-refractivity contribution in [3.05, 3.63) is 38.8 Å². The van der Waals surface area contributed by atoms with Crippen LogP contribution in [-0.4, -0.2) is 21.1 Å². The van der Waals surface area contributed by atoms with Gasteiger partial charge in [0.1, 0.15) is 0 Å². The van der Waals surface area contributed by atoms with E-state index in [4.69, 9.17) is 0 Å². The summed E-state index contributed by atoms with van der Waals surface area (Å²) in [6.07, 6.45) is 1.60. The van der Waals surface area contributed by atoms with E-state index in [1.165, 1.54) is 11.3 Å². The fraction of sp³-hybridized carbons (Fsp3) is 0.0833. The van der Waals surface area contributed by atoms with E-state index in [2.05, 4.69) is 36.4 Å². The van der Waals surface area contributed by atoms with E-state index >= 15 is 0 Å². The molecule has 0 saturated heterocycles. The Morgan fingerprint density at radius 2 is 2.32 bits per heavy atom. The number of thiophene rings is 1. The highest BCUT2D eigenvalue weighted by Gasteiger charge is 2.10. The summed E-state index contributed by atoms with van der Waals surface area (Å²) < 4.78 is 0.928. The van der Waals surface area contributed by atoms with E-state index in [0.29, 0.717) is 16.9 Å². The molecule has 0 unspecified atom stereocenters. The zero-order chi connectivity index (χ0) is 13.4. The fourth-order valence-corrected chi connectivity index (χ4v) is 2.86. The zero-order valence-electron chi connectivity index (χ0n) is 9.90. The molecule has 0 saturated carbocycles. The molecule has 0 fully saturated rings. The number of carbonyl (C=O) groups is 1. The van der Waals surface area contributed by atoms with Crippen LogP contribution >= 0.6 is 27.3 Å². The molecular formula is C12H9BrN4OS. The number of fused-ring (bicyclic) bond motifs is 1. The molecule has 5 nitrogen and oxygen atoms in total. The van der Waals surface area contributed by atoms with E-state index < -0.39 is 0 Å². The van der Waals surface area contributed by atoms with Crippen LogP contribution in [-0.2, 0) is 0 Å². The van der Waals surface area contributed by atoms with Gasteiger partial charge in [0.15, 0.2) is 5.65 Å². The summed E-state index contributed by atoms with van der Waals surface area (Å²) in [7, 11) is 0. The normalized spacial score (nSPS) is 10.8. The van der Waals surface area contributed by atoms with Crippen molar-refractivity contribution in [2.24, 2.45) is 0 Å². The first-order chi connectivity index (χ1) is 9.13. The molecule has 0 aliphatic carbocycles. The van der Waals surface area contributed by atoms with Gasteiger partial charge in [0.25, 0.3) is 5.91 Å². The van der Waals surface area contributed by atoms with Crippen LogP contribution in [0.25, 0.3) is 11.0 Å². The molecule has 1 amide bonds. The molecular weight excluding hydrogens is 328 g/mol. The first-order valence-electron chi connectivity index (χ1n) is 5.49. The number of halogens is 1. The van der Waals surface area contributed by atoms with Crippen molar-refractivity contribution in [3.63, 3.8) is 0 Å². The van der Waals surface area contributed by atoms with Gasteiger partial charge in [-0.25, -0.2) is 4.98 Å². The smallest absolute Gasteiger partial charge is 0.256 e. The van der Waals surface area contributed by atoms with Crippen molar-refractivity contribution in [1.82, 2.24) is 15.2 Å². The first-order valence-corrected chi connectivity index (χ1v) is 7.17. The quantitative estimate of drug-likeness (QED) is 0.753. The van der Waals surface area contributed by atoms with Crippen LogP contribution in [0.15, 0.2) is 27.5 Å². The predicted molar refractivity (Wildman–Crippen MR) is 78.6 cm³/mol. The lowest BCUT2D eigenvalue weighted by Gasteiger charge is -2.03. The lowest BCUT2D eigenvalue weighted by molar-refractivity contribution is 0.102. The molecule has 7 heteroatoms. The number of hydrogen-bond donors (Lipinski definition) is 2. The Balaban J connectivity index is 1.88. The van der Waals surface area contributed by atoms with E-state index in [-0.39, 0.29) is 5.91 Å². The number of nitrogens with zero attached hydrogens (tertiary/aromatic N) is 2. The molecule has 3 aromatic rings. The number of nitrogens with one attached hydrogen (secondary N) is 2. The molecule has 0 aliphatic rings. The van der Waals surface area contributed by atoms with Crippen LogP contribution in [0.3, 0.4) is 0 Å². The van der Waals surface area contributed by atoms with Gasteiger partial charge in [0, 0.05) is 16.5 Å². The summed E-state index contributed by atoms with van der Waals surface area (Å²) in [6.45, 7) is 1.92. The molecule has 0 bridgehead atoms. The Labute approximate surface area is 121 Å². The first kappa shape index (κ1) is 12.3. The molecule has 3 rings (SSSR count). The van der Waals surface area contributed by atoms with Crippen LogP contribution in [0, 0.1) is 6.92 Å². The summed E-state index contributed by atoms with van der Waals surface area (Å²) in [4.78, 5) is 16.2. The molecule has 2 N–H and O–H groups in total. The van der Waals surface area contributed by atoms with Crippen LogP contribution in [0.1, 0.15) is 16.1 Å². The lowest BCUT2D eigenvalue weighted by atomic mass is 10.2. The number of H-pyrrole nitrogens is 1. The summed E-state index contributed by atoms with van der Waals surface area (Å²) >= 11 is 4.81. The molecule has 19 heavy (non-hydrogen) atoms. The van der Waals surface area contributed by atoms with Gasteiger partial charge < -0.3 is 5.32 Å². The third kappa shape index (κ3) is 2.39. The van der Waals surface area contributed by atoms with Gasteiger partial charge in [-0.3, -0.25) is 9.89 Å². The number of aromatic nitrogens is 3. The Bertz CT molecular complexity index is 764. The number of amides is 1. The van der Waals surface area contributed by atoms with E-state index in [0.717, 1.165) is 14.9 Å². The van der Waals surface area contributed by atoms with Crippen LogP contribution in [0.5, 0.6) is 0 Å². The summed E-state index contributed by atoms with van der Waals surface area (Å²) in [5, 5.41) is 12.4. The monoisotopic (exact) mass is 336 g/mol. The molecule has 96 valence electrons.